The van der Waals surface area contributed by atoms with Gasteiger partial charge in [0.2, 0.25) is 0 Å². The number of phenolic OH excluding ortho intramolecular Hbond substituents is 1. The predicted molar refractivity (Wildman–Crippen MR) is 64.3 cm³/mol. The molecule has 1 rings (SSSR count). The average Bonchev–Trinajstić information content (AvgIpc) is 2.09. The van der Waals surface area contributed by atoms with Gasteiger partial charge in [0, 0.05) is 5.54 Å². The maximum atomic E-state index is 9.84. The smallest absolute Gasteiger partial charge is 0.172 e. The summed E-state index contributed by atoms with van der Waals surface area (Å²) in [6, 6.07) is 1.78. The Morgan fingerprint density at radius 2 is 2.00 bits per heavy atom. The van der Waals surface area contributed by atoms with Gasteiger partial charge in [0.1, 0.15) is 0 Å². The van der Waals surface area contributed by atoms with Gasteiger partial charge in [0.05, 0.1) is 11.6 Å². The molecule has 0 aliphatic carbocycles. The van der Waals surface area contributed by atoms with Crippen LogP contribution in [0.25, 0.3) is 0 Å². The minimum Gasteiger partial charge on any atom is -0.503 e. The fourth-order valence-electron chi connectivity index (χ4n) is 1.68. The van der Waals surface area contributed by atoms with E-state index in [1.807, 2.05) is 20.8 Å². The van der Waals surface area contributed by atoms with Crippen molar-refractivity contribution in [2.45, 2.75) is 26.3 Å². The van der Waals surface area contributed by atoms with E-state index in [9.17, 15) is 5.11 Å². The Morgan fingerprint density at radius 3 is 2.40 bits per heavy atom. The average molecular weight is 274 g/mol. The molecule has 0 spiro atoms. The summed E-state index contributed by atoms with van der Waals surface area (Å²) in [5.74, 6) is 0.545. The summed E-state index contributed by atoms with van der Waals surface area (Å²) < 4.78 is 5.66. The first-order valence-electron chi connectivity index (χ1n) is 4.64. The number of halogens is 1. The second-order valence-corrected chi connectivity index (χ2v) is 4.95. The number of aromatic hydroxyl groups is 1. The molecule has 84 valence electrons. The highest BCUT2D eigenvalue weighted by Crippen LogP contribution is 2.41. The molecule has 0 saturated heterocycles. The van der Waals surface area contributed by atoms with Crippen molar-refractivity contribution in [1.82, 2.24) is 0 Å². The van der Waals surface area contributed by atoms with Crippen molar-refractivity contribution >= 4 is 15.9 Å². The van der Waals surface area contributed by atoms with Gasteiger partial charge in [-0.1, -0.05) is 0 Å². The van der Waals surface area contributed by atoms with Crippen molar-refractivity contribution < 1.29 is 9.84 Å². The second kappa shape index (κ2) is 4.02. The van der Waals surface area contributed by atoms with Crippen molar-refractivity contribution in [2.24, 2.45) is 5.73 Å². The molecule has 1 aromatic carbocycles. The lowest BCUT2D eigenvalue weighted by atomic mass is 9.91. The van der Waals surface area contributed by atoms with Gasteiger partial charge in [-0.15, -0.1) is 0 Å². The number of nitrogens with two attached hydrogens (primary N) is 1. The molecule has 3 nitrogen and oxygen atoms in total. The largest absolute Gasteiger partial charge is 0.503 e. The van der Waals surface area contributed by atoms with Crippen molar-refractivity contribution in [3.05, 3.63) is 21.7 Å². The molecule has 0 radical (unpaired) electrons. The van der Waals surface area contributed by atoms with Crippen LogP contribution in [-0.2, 0) is 5.54 Å². The molecule has 0 bridgehead atoms. The lowest BCUT2D eigenvalue weighted by Crippen LogP contribution is -2.30. The van der Waals surface area contributed by atoms with Crippen molar-refractivity contribution in [1.29, 1.82) is 0 Å². The minimum absolute atomic E-state index is 0.0941. The zero-order valence-electron chi connectivity index (χ0n) is 9.39. The fraction of sp³-hybridized carbons (Fsp3) is 0.455. The molecule has 0 fully saturated rings. The third-order valence-corrected chi connectivity index (χ3v) is 3.04. The number of hydrogen-bond acceptors (Lipinski definition) is 3. The normalized spacial score (nSPS) is 11.6. The maximum absolute atomic E-state index is 9.84. The molecule has 0 amide bonds. The fourth-order valence-corrected chi connectivity index (χ4v) is 2.70. The molecule has 0 aliphatic rings. The zero-order valence-corrected chi connectivity index (χ0v) is 11.0. The van der Waals surface area contributed by atoms with Gasteiger partial charge in [-0.05, 0) is 53.9 Å². The van der Waals surface area contributed by atoms with E-state index in [0.29, 0.717) is 10.2 Å². The van der Waals surface area contributed by atoms with Gasteiger partial charge in [0.25, 0.3) is 0 Å². The number of aryl methyl sites for hydroxylation is 1. The van der Waals surface area contributed by atoms with Crippen LogP contribution in [0.4, 0.5) is 0 Å². The van der Waals surface area contributed by atoms with Crippen molar-refractivity contribution in [3.63, 3.8) is 0 Å². The molecule has 0 heterocycles. The monoisotopic (exact) mass is 273 g/mol. The lowest BCUT2D eigenvalue weighted by Gasteiger charge is -2.24. The van der Waals surface area contributed by atoms with Crippen LogP contribution < -0.4 is 10.5 Å². The van der Waals surface area contributed by atoms with Crippen molar-refractivity contribution in [3.8, 4) is 11.5 Å². The first-order chi connectivity index (χ1) is 6.79. The summed E-state index contributed by atoms with van der Waals surface area (Å²) in [6.45, 7) is 5.73. The third-order valence-electron chi connectivity index (χ3n) is 2.27. The van der Waals surface area contributed by atoms with Crippen LogP contribution >= 0.6 is 15.9 Å². The third kappa shape index (κ3) is 2.26. The molecule has 4 heteroatoms. The number of methoxy groups -OCH3 is 1. The summed E-state index contributed by atoms with van der Waals surface area (Å²) in [7, 11) is 1.52. The van der Waals surface area contributed by atoms with E-state index in [4.69, 9.17) is 10.5 Å². The SMILES string of the molecule is COc1cc(C)c(C(C)(C)N)c(Br)c1O. The van der Waals surface area contributed by atoms with E-state index < -0.39 is 5.54 Å². The molecule has 0 aromatic heterocycles. The van der Waals surface area contributed by atoms with E-state index in [2.05, 4.69) is 15.9 Å². The minimum atomic E-state index is -0.507. The Hall–Kier alpha value is -0.740. The Bertz CT molecular complexity index is 383. The first kappa shape index (κ1) is 12.3. The van der Waals surface area contributed by atoms with Gasteiger partial charge in [0.15, 0.2) is 11.5 Å². The molecule has 0 aliphatic heterocycles. The first-order valence-corrected chi connectivity index (χ1v) is 5.43. The van der Waals surface area contributed by atoms with Crippen LogP contribution in [0.15, 0.2) is 10.5 Å². The number of benzene rings is 1. The molecule has 0 saturated carbocycles. The Kier molecular flexibility index (Phi) is 3.31. The van der Waals surface area contributed by atoms with Crippen LogP contribution in [0.3, 0.4) is 0 Å². The summed E-state index contributed by atoms with van der Waals surface area (Å²) in [5, 5.41) is 9.84. The molecule has 1 aromatic rings. The predicted octanol–water partition coefficient (Wildman–Crippen LogP) is 2.67. The van der Waals surface area contributed by atoms with Crippen LogP contribution in [0.5, 0.6) is 11.5 Å². The molecule has 3 N–H and O–H groups in total. The molecular weight excluding hydrogens is 258 g/mol. The van der Waals surface area contributed by atoms with E-state index in [0.717, 1.165) is 11.1 Å². The topological polar surface area (TPSA) is 55.5 Å². The summed E-state index contributed by atoms with van der Waals surface area (Å²) >= 11 is 3.35. The Labute approximate surface area is 98.4 Å². The van der Waals surface area contributed by atoms with E-state index in [1.165, 1.54) is 7.11 Å². The number of ether oxygens (including phenoxy) is 1. The summed E-state index contributed by atoms with van der Waals surface area (Å²) in [4.78, 5) is 0. The van der Waals surface area contributed by atoms with Crippen LogP contribution in [0.2, 0.25) is 0 Å². The van der Waals surface area contributed by atoms with Gasteiger partial charge >= 0.3 is 0 Å². The number of rotatable bonds is 2. The number of hydrogen-bond donors (Lipinski definition) is 2. The number of phenols is 1. The van der Waals surface area contributed by atoms with E-state index in [1.54, 1.807) is 6.07 Å². The van der Waals surface area contributed by atoms with Crippen LogP contribution in [0, 0.1) is 6.92 Å². The van der Waals surface area contributed by atoms with Crippen LogP contribution in [-0.4, -0.2) is 12.2 Å². The highest BCUT2D eigenvalue weighted by atomic mass is 79.9. The molecule has 15 heavy (non-hydrogen) atoms. The van der Waals surface area contributed by atoms with Gasteiger partial charge < -0.3 is 15.6 Å². The van der Waals surface area contributed by atoms with Gasteiger partial charge in [-0.2, -0.15) is 0 Å². The van der Waals surface area contributed by atoms with Gasteiger partial charge in [-0.3, -0.25) is 0 Å². The molecule has 0 unspecified atom stereocenters. The second-order valence-electron chi connectivity index (χ2n) is 4.16. The molecule has 0 atom stereocenters. The molecular formula is C11H16BrNO2. The van der Waals surface area contributed by atoms with E-state index >= 15 is 0 Å². The maximum Gasteiger partial charge on any atom is 0.172 e. The zero-order chi connectivity index (χ0) is 11.8. The lowest BCUT2D eigenvalue weighted by molar-refractivity contribution is 0.369. The highest BCUT2D eigenvalue weighted by Gasteiger charge is 2.24. The summed E-state index contributed by atoms with van der Waals surface area (Å²) in [6.07, 6.45) is 0. The highest BCUT2D eigenvalue weighted by molar-refractivity contribution is 9.10. The van der Waals surface area contributed by atoms with Crippen molar-refractivity contribution in [2.75, 3.05) is 7.11 Å². The Balaban J connectivity index is 3.50. The van der Waals surface area contributed by atoms with Gasteiger partial charge in [-0.25, -0.2) is 0 Å². The Morgan fingerprint density at radius 1 is 1.47 bits per heavy atom. The van der Waals surface area contributed by atoms with Crippen LogP contribution in [0.1, 0.15) is 25.0 Å². The summed E-state index contributed by atoms with van der Waals surface area (Å²) in [5.41, 5.74) is 7.41. The quantitative estimate of drug-likeness (QED) is 0.871. The standard InChI is InChI=1S/C11H16BrNO2/c1-6-5-7(15-4)10(14)9(12)8(6)11(2,3)13/h5,14H,13H2,1-4H3. The van der Waals surface area contributed by atoms with E-state index in [-0.39, 0.29) is 5.75 Å².